The number of rotatable bonds is 51. The molecule has 6 aromatic rings. The summed E-state index contributed by atoms with van der Waals surface area (Å²) in [4.78, 5) is 0. The van der Waals surface area contributed by atoms with Gasteiger partial charge < -0.3 is 0 Å². The molecule has 121 heavy (non-hydrogen) atoms. The SMILES string of the molecule is CCC/C=C(\CCCCCCCCC)CCC(OP(OC(CC/C(=C/CCC)CCCCCCCCC)(c1cc(C)ccc1C(C)(C)C)c1cc(C)ccc1C(C)(C)C)OC(CC/C(=C/CCC)CCCCCCCCC)(c1cc(C)ccc1C(C)(C)C)c1cc(C)ccc1C(C)(C)C)(c1cc(C)ccc1C(C)(C)C)c1cc(C)ccc1C(C)(C)C. The Bertz CT molecular complexity index is 3560. The number of benzene rings is 6. The lowest BCUT2D eigenvalue weighted by molar-refractivity contribution is -0.0259. The summed E-state index contributed by atoms with van der Waals surface area (Å²) in [6.45, 7) is 72.3. The van der Waals surface area contributed by atoms with E-state index in [0.717, 1.165) is 77.0 Å². The molecule has 0 radical (unpaired) electrons. The molecule has 0 aliphatic carbocycles. The van der Waals surface area contributed by atoms with Crippen LogP contribution in [0.15, 0.2) is 144 Å². The zero-order chi connectivity index (χ0) is 89.6. The van der Waals surface area contributed by atoms with Gasteiger partial charge in [-0.05, 0) is 237 Å². The van der Waals surface area contributed by atoms with E-state index >= 15 is 0 Å². The minimum Gasteiger partial charge on any atom is -0.296 e. The van der Waals surface area contributed by atoms with Crippen LogP contribution < -0.4 is 0 Å². The van der Waals surface area contributed by atoms with Crippen LogP contribution >= 0.6 is 8.60 Å². The van der Waals surface area contributed by atoms with Gasteiger partial charge in [0, 0.05) is 0 Å². The van der Waals surface area contributed by atoms with Crippen molar-refractivity contribution in [2.75, 3.05) is 0 Å². The Morgan fingerprint density at radius 2 is 0.397 bits per heavy atom. The Hall–Kier alpha value is -5.15. The van der Waals surface area contributed by atoms with Gasteiger partial charge in [0.25, 0.3) is 0 Å². The predicted molar refractivity (Wildman–Crippen MR) is 536 cm³/mol. The van der Waals surface area contributed by atoms with Gasteiger partial charge in [-0.2, -0.15) is 0 Å². The lowest BCUT2D eigenvalue weighted by Crippen LogP contribution is -2.42. The lowest BCUT2D eigenvalue weighted by atomic mass is 9.69. The third kappa shape index (κ3) is 31.1. The highest BCUT2D eigenvalue weighted by molar-refractivity contribution is 7.41. The van der Waals surface area contributed by atoms with Gasteiger partial charge in [-0.25, -0.2) is 0 Å². The summed E-state index contributed by atoms with van der Waals surface area (Å²) in [5.41, 5.74) is 21.3. The van der Waals surface area contributed by atoms with E-state index in [9.17, 15) is 13.6 Å². The van der Waals surface area contributed by atoms with Crippen molar-refractivity contribution in [2.24, 2.45) is 0 Å². The molecular formula is C117H183O3P. The Kier molecular flexibility index (Phi) is 42.1. The molecule has 0 aliphatic heterocycles. The van der Waals surface area contributed by atoms with Gasteiger partial charge >= 0.3 is 8.60 Å². The molecule has 0 bridgehead atoms. The predicted octanol–water partition coefficient (Wildman–Crippen LogP) is 37.7. The molecule has 0 atom stereocenters. The van der Waals surface area contributed by atoms with Crippen LogP contribution in [0, 0.1) is 41.5 Å². The molecule has 6 rings (SSSR count). The number of unbranched alkanes of at least 4 members (excludes halogenated alkanes) is 21. The van der Waals surface area contributed by atoms with E-state index in [0.29, 0.717) is 19.3 Å². The normalized spacial score (nSPS) is 13.6. The monoisotopic (exact) mass is 1670 g/mol. The fourth-order valence-corrected chi connectivity index (χ4v) is 20.7. The van der Waals surface area contributed by atoms with E-state index in [1.54, 1.807) is 16.7 Å². The molecule has 0 amide bonds. The summed E-state index contributed by atoms with van der Waals surface area (Å²) < 4.78 is 29.4. The van der Waals surface area contributed by atoms with E-state index in [4.69, 9.17) is 0 Å². The van der Waals surface area contributed by atoms with E-state index in [2.05, 4.69) is 335 Å². The summed E-state index contributed by atoms with van der Waals surface area (Å²) in [6.07, 6.45) is 48.8. The number of hydrogen-bond acceptors (Lipinski definition) is 3. The van der Waals surface area contributed by atoms with Gasteiger partial charge in [-0.1, -0.05) is 479 Å². The molecule has 0 saturated carbocycles. The van der Waals surface area contributed by atoms with E-state index < -0.39 is 25.4 Å². The molecule has 0 unspecified atom stereocenters. The summed E-state index contributed by atoms with van der Waals surface area (Å²) in [7, 11) is -2.66. The second-order valence-electron chi connectivity index (χ2n) is 43.8. The first-order valence-electron chi connectivity index (χ1n) is 49.6. The molecule has 0 saturated heterocycles. The third-order valence-electron chi connectivity index (χ3n) is 26.1. The van der Waals surface area contributed by atoms with Gasteiger partial charge in [-0.15, -0.1) is 0 Å². The Morgan fingerprint density at radius 1 is 0.223 bits per heavy atom. The molecule has 0 N–H and O–H groups in total. The summed E-state index contributed by atoms with van der Waals surface area (Å²) >= 11 is 0. The van der Waals surface area contributed by atoms with Crippen LogP contribution in [-0.4, -0.2) is 0 Å². The molecule has 0 aromatic heterocycles. The second-order valence-corrected chi connectivity index (χ2v) is 44.8. The molecule has 3 nitrogen and oxygen atoms in total. The van der Waals surface area contributed by atoms with Crippen LogP contribution in [0.2, 0.25) is 0 Å². The number of hydrogen-bond donors (Lipinski definition) is 0. The minimum absolute atomic E-state index is 0.327. The zero-order valence-corrected chi connectivity index (χ0v) is 85.1. The van der Waals surface area contributed by atoms with E-state index in [1.165, 1.54) is 235 Å². The van der Waals surface area contributed by atoms with Crippen molar-refractivity contribution in [3.63, 3.8) is 0 Å². The highest BCUT2D eigenvalue weighted by Gasteiger charge is 2.54. The van der Waals surface area contributed by atoms with Gasteiger partial charge in [0.2, 0.25) is 0 Å². The van der Waals surface area contributed by atoms with Crippen molar-refractivity contribution < 1.29 is 13.6 Å². The molecule has 0 fully saturated rings. The van der Waals surface area contributed by atoms with Crippen molar-refractivity contribution in [2.45, 2.75) is 488 Å². The van der Waals surface area contributed by atoms with Crippen LogP contribution in [0.1, 0.15) is 497 Å². The second kappa shape index (κ2) is 48.7. The van der Waals surface area contributed by atoms with Crippen LogP contribution in [0.4, 0.5) is 0 Å². The molecule has 4 heteroatoms. The zero-order valence-electron chi connectivity index (χ0n) is 84.3. The topological polar surface area (TPSA) is 27.7 Å². The van der Waals surface area contributed by atoms with Crippen molar-refractivity contribution in [1.29, 1.82) is 0 Å². The lowest BCUT2D eigenvalue weighted by Gasteiger charge is -2.49. The van der Waals surface area contributed by atoms with Crippen molar-refractivity contribution in [3.05, 3.63) is 244 Å². The summed E-state index contributed by atoms with van der Waals surface area (Å²) in [6, 6.07) is 44.7. The number of aryl methyl sites for hydroxylation is 6. The number of allylic oxidation sites excluding steroid dienone is 6. The van der Waals surface area contributed by atoms with E-state index in [-0.39, 0.29) is 32.5 Å². The summed E-state index contributed by atoms with van der Waals surface area (Å²) in [5, 5.41) is 0. The molecule has 674 valence electrons. The van der Waals surface area contributed by atoms with Crippen LogP contribution in [0.25, 0.3) is 0 Å². The highest BCUT2D eigenvalue weighted by Crippen LogP contribution is 2.66. The summed E-state index contributed by atoms with van der Waals surface area (Å²) in [5.74, 6) is 0. The average molecular weight is 1670 g/mol. The maximum absolute atomic E-state index is 9.79. The first kappa shape index (κ1) is 105. The fraction of sp³-hybridized carbons (Fsp3) is 0.641. The maximum atomic E-state index is 9.79. The van der Waals surface area contributed by atoms with Crippen molar-refractivity contribution in [3.8, 4) is 0 Å². The Labute approximate surface area is 749 Å². The maximum Gasteiger partial charge on any atom is 0.336 e. The molecule has 0 aliphatic rings. The third-order valence-corrected chi connectivity index (χ3v) is 27.4. The molecule has 0 spiro atoms. The van der Waals surface area contributed by atoms with Gasteiger partial charge in [0.15, 0.2) is 0 Å². The van der Waals surface area contributed by atoms with Gasteiger partial charge in [0.05, 0.1) is 0 Å². The van der Waals surface area contributed by atoms with Crippen LogP contribution in [-0.2, 0) is 62.9 Å². The molecule has 6 aromatic carbocycles. The highest BCUT2D eigenvalue weighted by atomic mass is 31.2. The largest absolute Gasteiger partial charge is 0.336 e. The molecule has 0 heterocycles. The van der Waals surface area contributed by atoms with E-state index in [1.807, 2.05) is 0 Å². The van der Waals surface area contributed by atoms with Crippen LogP contribution in [0.3, 0.4) is 0 Å². The first-order valence-corrected chi connectivity index (χ1v) is 50.7. The van der Waals surface area contributed by atoms with Gasteiger partial charge in [-0.3, -0.25) is 13.6 Å². The quantitative estimate of drug-likeness (QED) is 0.0216. The smallest absolute Gasteiger partial charge is 0.296 e. The Morgan fingerprint density at radius 3 is 0.562 bits per heavy atom. The van der Waals surface area contributed by atoms with Gasteiger partial charge in [0.1, 0.15) is 16.8 Å². The fourth-order valence-electron chi connectivity index (χ4n) is 19.0. The van der Waals surface area contributed by atoms with Crippen molar-refractivity contribution >= 4 is 8.60 Å². The average Bonchev–Trinajstić information content (AvgIpc) is 0.722. The van der Waals surface area contributed by atoms with Crippen molar-refractivity contribution in [1.82, 2.24) is 0 Å². The van der Waals surface area contributed by atoms with Crippen LogP contribution in [0.5, 0.6) is 0 Å². The minimum atomic E-state index is -2.66. The molecular weight excluding hydrogens is 1480 g/mol. The Balaban J connectivity index is 2.09. The standard InChI is InChI=1S/C117H183O3P/c1-31-37-43-46-49-52-55-61-94(58-40-34-4)76-79-115(103-82-88(7)64-70-97(103)109(13,14)15,104-83-89(8)65-71-98(104)110(16,17)18)118-121(119-116(105-84-90(9)66-72-99(105)111(19,20)21,106-85-91(10)67-73-100(106)112(22,23)24)80-77-95(59-41-35-5)62-56-53-50-47-44-38-32-2)120-117(107-86-92(11)68-74-101(107)113(25,26)27,108-87-93(12)69-75-102(108)114(28,29)30)81-78-96(60-42-36-6)63-57-54-51-48-45-39-33-3/h58-60,64-75,82-87H,31-57,61-63,76-81H2,1-30H3/b94-58+,95-59+,96-60+. The first-order chi connectivity index (χ1) is 57.0.